The summed E-state index contributed by atoms with van der Waals surface area (Å²) >= 11 is 0. The third kappa shape index (κ3) is 3.29. The van der Waals surface area contributed by atoms with Crippen LogP contribution in [0.4, 0.5) is 0 Å². The van der Waals surface area contributed by atoms with Gasteiger partial charge in [-0.3, -0.25) is 4.90 Å². The Morgan fingerprint density at radius 1 is 1.00 bits per heavy atom. The normalized spacial score (nSPS) is 28.8. The molecule has 1 aromatic carbocycles. The van der Waals surface area contributed by atoms with Crippen LogP contribution >= 0.6 is 0 Å². The Hall–Kier alpha value is -0.820. The minimum Gasteiger partial charge on any atom is -0.297 e. The fourth-order valence-corrected chi connectivity index (χ4v) is 4.70. The monoisotopic (exact) mass is 329 g/mol. The Morgan fingerprint density at radius 3 is 2.08 bits per heavy atom. The molecule has 0 aliphatic carbocycles. The summed E-state index contributed by atoms with van der Waals surface area (Å²) in [6.07, 6.45) is 1.30. The molecule has 0 fully saturated rings. The van der Waals surface area contributed by atoms with Gasteiger partial charge in [0.15, 0.2) is 0 Å². The summed E-state index contributed by atoms with van der Waals surface area (Å²) in [6.45, 7) is 21.5. The Kier molecular flexibility index (Phi) is 5.85. The van der Waals surface area contributed by atoms with Crippen LogP contribution in [0.25, 0.3) is 0 Å². The molecule has 0 saturated carbocycles. The van der Waals surface area contributed by atoms with Crippen molar-refractivity contribution >= 4 is 0 Å². The smallest absolute Gasteiger partial charge is 0.0325 e. The Morgan fingerprint density at radius 2 is 1.58 bits per heavy atom. The molecule has 1 nitrogen and oxygen atoms in total. The van der Waals surface area contributed by atoms with Gasteiger partial charge in [0.1, 0.15) is 0 Å². The molecule has 1 unspecified atom stereocenters. The molecule has 1 aliphatic rings. The maximum Gasteiger partial charge on any atom is 0.0325 e. The summed E-state index contributed by atoms with van der Waals surface area (Å²) < 4.78 is 0. The van der Waals surface area contributed by atoms with Gasteiger partial charge in [-0.25, -0.2) is 0 Å². The fraction of sp³-hybridized carbons (Fsp3) is 0.739. The van der Waals surface area contributed by atoms with E-state index in [4.69, 9.17) is 0 Å². The van der Waals surface area contributed by atoms with Gasteiger partial charge in [0.05, 0.1) is 0 Å². The zero-order chi connectivity index (χ0) is 18.3. The largest absolute Gasteiger partial charge is 0.297 e. The molecule has 0 saturated heterocycles. The predicted octanol–water partition coefficient (Wildman–Crippen LogP) is 6.59. The topological polar surface area (TPSA) is 3.24 Å². The highest BCUT2D eigenvalue weighted by Gasteiger charge is 2.35. The van der Waals surface area contributed by atoms with E-state index in [2.05, 4.69) is 80.3 Å². The number of aryl methyl sites for hydroxylation is 1. The van der Waals surface area contributed by atoms with Gasteiger partial charge in [0.2, 0.25) is 0 Å². The Balaban J connectivity index is 2.83. The lowest BCUT2D eigenvalue weighted by Gasteiger charge is -2.43. The van der Waals surface area contributed by atoms with E-state index in [-0.39, 0.29) is 0 Å². The molecular formula is C23H39N. The third-order valence-electron chi connectivity index (χ3n) is 6.89. The van der Waals surface area contributed by atoms with Crippen LogP contribution in [0.15, 0.2) is 6.07 Å². The molecule has 0 spiro atoms. The first kappa shape index (κ1) is 19.5. The summed E-state index contributed by atoms with van der Waals surface area (Å²) in [5.41, 5.74) is 7.87. The Bertz CT molecular complexity index is 584. The summed E-state index contributed by atoms with van der Waals surface area (Å²) in [4.78, 5) is 2.61. The second-order valence-corrected chi connectivity index (χ2v) is 9.04. The van der Waals surface area contributed by atoms with Gasteiger partial charge in [-0.05, 0) is 92.7 Å². The standard InChI is InChI=1S/C23H39N/c1-13(2)20-11-15(5)17(7)22-19(9)24(10)18(8)16(6)12-21(14(3)4)23(20)22/h11,13-14,16,18-19,21H,12H2,1-10H3/t16-,18-,19+,21?/m0/s1. The summed E-state index contributed by atoms with van der Waals surface area (Å²) in [7, 11) is 2.32. The highest BCUT2D eigenvalue weighted by Crippen LogP contribution is 2.46. The number of rotatable bonds is 2. The first-order chi connectivity index (χ1) is 11.1. The van der Waals surface area contributed by atoms with Gasteiger partial charge >= 0.3 is 0 Å². The van der Waals surface area contributed by atoms with Gasteiger partial charge in [-0.2, -0.15) is 0 Å². The summed E-state index contributed by atoms with van der Waals surface area (Å²) in [5.74, 6) is 2.67. The second kappa shape index (κ2) is 7.20. The van der Waals surface area contributed by atoms with Crippen LogP contribution in [0, 0.1) is 25.7 Å². The molecule has 1 aromatic rings. The molecule has 0 radical (unpaired) electrons. The van der Waals surface area contributed by atoms with Crippen LogP contribution in [-0.2, 0) is 0 Å². The number of fused-ring (bicyclic) bond motifs is 1. The molecule has 1 heteroatoms. The van der Waals surface area contributed by atoms with E-state index in [1.165, 1.54) is 17.5 Å². The van der Waals surface area contributed by atoms with Crippen molar-refractivity contribution in [3.05, 3.63) is 33.9 Å². The van der Waals surface area contributed by atoms with Crippen molar-refractivity contribution in [3.8, 4) is 0 Å². The van der Waals surface area contributed by atoms with Crippen molar-refractivity contribution < 1.29 is 0 Å². The number of nitrogens with zero attached hydrogens (tertiary/aromatic N) is 1. The molecule has 0 aromatic heterocycles. The van der Waals surface area contributed by atoms with E-state index in [9.17, 15) is 0 Å². The minimum absolute atomic E-state index is 0.483. The van der Waals surface area contributed by atoms with Crippen LogP contribution in [0.3, 0.4) is 0 Å². The van der Waals surface area contributed by atoms with Crippen molar-refractivity contribution in [2.24, 2.45) is 11.8 Å². The average Bonchev–Trinajstić information content (AvgIpc) is 2.51. The zero-order valence-electron chi connectivity index (χ0n) is 17.7. The quantitative estimate of drug-likeness (QED) is 0.591. The van der Waals surface area contributed by atoms with E-state index in [0.717, 1.165) is 5.92 Å². The van der Waals surface area contributed by atoms with E-state index in [0.29, 0.717) is 29.8 Å². The van der Waals surface area contributed by atoms with Gasteiger partial charge in [0, 0.05) is 12.1 Å². The molecular weight excluding hydrogens is 290 g/mol. The molecule has 2 rings (SSSR count). The zero-order valence-corrected chi connectivity index (χ0v) is 17.7. The van der Waals surface area contributed by atoms with Gasteiger partial charge in [-0.1, -0.05) is 40.7 Å². The highest BCUT2D eigenvalue weighted by atomic mass is 15.2. The second-order valence-electron chi connectivity index (χ2n) is 9.04. The Labute approximate surface area is 150 Å². The van der Waals surface area contributed by atoms with Crippen molar-refractivity contribution in [2.75, 3.05) is 7.05 Å². The van der Waals surface area contributed by atoms with Crippen molar-refractivity contribution in [1.29, 1.82) is 0 Å². The van der Waals surface area contributed by atoms with Crippen LogP contribution in [0.2, 0.25) is 0 Å². The fourth-order valence-electron chi connectivity index (χ4n) is 4.70. The first-order valence-electron chi connectivity index (χ1n) is 9.93. The molecule has 24 heavy (non-hydrogen) atoms. The highest BCUT2D eigenvalue weighted by molar-refractivity contribution is 5.50. The lowest BCUT2D eigenvalue weighted by Crippen LogP contribution is -2.40. The molecule has 0 bridgehead atoms. The SMILES string of the molecule is Cc1cc(C(C)C)c2c(c1C)[C@@H](C)N(C)[C@@H](C)[C@@H](C)CC2C(C)C. The summed E-state index contributed by atoms with van der Waals surface area (Å²) in [5, 5.41) is 0. The third-order valence-corrected chi connectivity index (χ3v) is 6.89. The average molecular weight is 330 g/mol. The number of hydrogen-bond acceptors (Lipinski definition) is 1. The molecule has 136 valence electrons. The lowest BCUT2D eigenvalue weighted by molar-refractivity contribution is 0.129. The van der Waals surface area contributed by atoms with Crippen LogP contribution < -0.4 is 0 Å². The molecule has 4 atom stereocenters. The maximum atomic E-state index is 2.61. The van der Waals surface area contributed by atoms with E-state index in [1.54, 1.807) is 16.7 Å². The van der Waals surface area contributed by atoms with E-state index in [1.807, 2.05) is 0 Å². The van der Waals surface area contributed by atoms with Crippen molar-refractivity contribution in [1.82, 2.24) is 4.90 Å². The summed E-state index contributed by atoms with van der Waals surface area (Å²) in [6, 6.07) is 3.59. The van der Waals surface area contributed by atoms with Crippen molar-refractivity contribution in [3.63, 3.8) is 0 Å². The number of hydrogen-bond donors (Lipinski definition) is 0. The molecule has 1 aliphatic heterocycles. The minimum atomic E-state index is 0.483. The molecule has 0 amide bonds. The van der Waals surface area contributed by atoms with Gasteiger partial charge in [-0.15, -0.1) is 0 Å². The van der Waals surface area contributed by atoms with E-state index < -0.39 is 0 Å². The van der Waals surface area contributed by atoms with Crippen LogP contribution in [0.5, 0.6) is 0 Å². The van der Waals surface area contributed by atoms with Gasteiger partial charge in [0.25, 0.3) is 0 Å². The van der Waals surface area contributed by atoms with Crippen LogP contribution in [0.1, 0.15) is 101 Å². The van der Waals surface area contributed by atoms with E-state index >= 15 is 0 Å². The molecule has 0 N–H and O–H groups in total. The lowest BCUT2D eigenvalue weighted by atomic mass is 9.70. The van der Waals surface area contributed by atoms with Gasteiger partial charge < -0.3 is 0 Å². The predicted molar refractivity (Wildman–Crippen MR) is 107 cm³/mol. The first-order valence-corrected chi connectivity index (χ1v) is 9.93. The molecule has 1 heterocycles. The maximum absolute atomic E-state index is 2.61. The van der Waals surface area contributed by atoms with Crippen molar-refractivity contribution in [2.45, 2.75) is 92.7 Å². The number of benzene rings is 1. The van der Waals surface area contributed by atoms with Crippen LogP contribution in [-0.4, -0.2) is 18.0 Å².